The third-order valence-corrected chi connectivity index (χ3v) is 6.69. The number of likely N-dealkylation sites (N-methyl/N-ethyl adjacent to an activating group) is 1. The molecule has 1 aliphatic rings. The van der Waals surface area contributed by atoms with Crippen LogP contribution in [-0.4, -0.2) is 48.1 Å². The fourth-order valence-electron chi connectivity index (χ4n) is 3.46. The van der Waals surface area contributed by atoms with E-state index in [1.165, 1.54) is 18.2 Å². The van der Waals surface area contributed by atoms with Crippen LogP contribution in [-0.2, 0) is 22.8 Å². The monoisotopic (exact) mass is 389 g/mol. The van der Waals surface area contributed by atoms with Crippen molar-refractivity contribution in [1.82, 2.24) is 19.5 Å². The van der Waals surface area contributed by atoms with Gasteiger partial charge in [0.15, 0.2) is 16.4 Å². The zero-order valence-corrected chi connectivity index (χ0v) is 15.9. The Morgan fingerprint density at radius 1 is 1.33 bits per heavy atom. The number of fused-ring (bicyclic) bond motifs is 3. The SMILES string of the molecule is CCN1CCc2c(cnc3c(S(=O)(=O)c4cccc(F)c4)c(NC)nn23)C1. The van der Waals surface area contributed by atoms with Crippen LogP contribution in [0.4, 0.5) is 10.2 Å². The van der Waals surface area contributed by atoms with Crippen molar-refractivity contribution >= 4 is 21.3 Å². The summed E-state index contributed by atoms with van der Waals surface area (Å²) in [5.74, 6) is -0.401. The van der Waals surface area contributed by atoms with Crippen LogP contribution in [0.3, 0.4) is 0 Å². The summed E-state index contributed by atoms with van der Waals surface area (Å²) < 4.78 is 41.6. The molecule has 0 spiro atoms. The van der Waals surface area contributed by atoms with E-state index >= 15 is 0 Å². The summed E-state index contributed by atoms with van der Waals surface area (Å²) in [6, 6.07) is 4.97. The van der Waals surface area contributed by atoms with Crippen molar-refractivity contribution in [3.63, 3.8) is 0 Å². The number of anilines is 1. The third kappa shape index (κ3) is 2.87. The molecule has 0 aliphatic carbocycles. The number of hydrogen-bond donors (Lipinski definition) is 1. The zero-order chi connectivity index (χ0) is 19.2. The van der Waals surface area contributed by atoms with E-state index in [2.05, 4.69) is 27.2 Å². The highest BCUT2D eigenvalue weighted by atomic mass is 32.2. The maximum absolute atomic E-state index is 13.6. The van der Waals surface area contributed by atoms with E-state index in [4.69, 9.17) is 0 Å². The molecule has 142 valence electrons. The van der Waals surface area contributed by atoms with E-state index in [9.17, 15) is 12.8 Å². The van der Waals surface area contributed by atoms with Gasteiger partial charge in [0.1, 0.15) is 5.82 Å². The molecular weight excluding hydrogens is 369 g/mol. The molecule has 1 aromatic carbocycles. The Labute approximate surface area is 156 Å². The molecule has 0 radical (unpaired) electrons. The molecule has 7 nitrogen and oxygen atoms in total. The first kappa shape index (κ1) is 17.9. The minimum atomic E-state index is -3.99. The molecule has 1 aliphatic heterocycles. The minimum Gasteiger partial charge on any atom is -0.370 e. The summed E-state index contributed by atoms with van der Waals surface area (Å²) in [4.78, 5) is 6.55. The first-order valence-corrected chi connectivity index (χ1v) is 10.2. The number of sulfone groups is 1. The van der Waals surface area contributed by atoms with Gasteiger partial charge in [0, 0.05) is 38.3 Å². The van der Waals surface area contributed by atoms with Crippen LogP contribution in [0.5, 0.6) is 0 Å². The Morgan fingerprint density at radius 3 is 2.85 bits per heavy atom. The summed E-state index contributed by atoms with van der Waals surface area (Å²) in [5, 5.41) is 7.31. The molecular formula is C18H20FN5O2S. The van der Waals surface area contributed by atoms with Crippen molar-refractivity contribution in [1.29, 1.82) is 0 Å². The lowest BCUT2D eigenvalue weighted by Crippen LogP contribution is -2.31. The third-order valence-electron chi connectivity index (χ3n) is 4.91. The van der Waals surface area contributed by atoms with Gasteiger partial charge in [-0.15, -0.1) is 5.10 Å². The number of aromatic nitrogens is 3. The summed E-state index contributed by atoms with van der Waals surface area (Å²) >= 11 is 0. The number of nitrogens with zero attached hydrogens (tertiary/aromatic N) is 4. The average Bonchev–Trinajstić information content (AvgIpc) is 3.07. The highest BCUT2D eigenvalue weighted by Crippen LogP contribution is 2.32. The van der Waals surface area contributed by atoms with E-state index in [1.54, 1.807) is 17.8 Å². The highest BCUT2D eigenvalue weighted by molar-refractivity contribution is 7.91. The highest BCUT2D eigenvalue weighted by Gasteiger charge is 2.30. The summed E-state index contributed by atoms with van der Waals surface area (Å²) in [6.45, 7) is 4.68. The molecule has 0 fully saturated rings. The molecule has 9 heteroatoms. The van der Waals surface area contributed by atoms with Gasteiger partial charge in [-0.05, 0) is 24.7 Å². The predicted octanol–water partition coefficient (Wildman–Crippen LogP) is 2.12. The topological polar surface area (TPSA) is 79.6 Å². The lowest BCUT2D eigenvalue weighted by molar-refractivity contribution is 0.263. The smallest absolute Gasteiger partial charge is 0.214 e. The van der Waals surface area contributed by atoms with Crippen molar-refractivity contribution in [2.45, 2.75) is 29.7 Å². The molecule has 0 saturated carbocycles. The Hall–Kier alpha value is -2.52. The summed E-state index contributed by atoms with van der Waals surface area (Å²) in [6.07, 6.45) is 2.48. The van der Waals surface area contributed by atoms with E-state index in [-0.39, 0.29) is 21.3 Å². The molecule has 0 saturated heterocycles. The number of rotatable bonds is 4. The Morgan fingerprint density at radius 2 is 2.15 bits per heavy atom. The van der Waals surface area contributed by atoms with Crippen LogP contribution in [0, 0.1) is 5.82 Å². The lowest BCUT2D eigenvalue weighted by Gasteiger charge is -2.27. The second-order valence-electron chi connectivity index (χ2n) is 6.47. The average molecular weight is 389 g/mol. The first-order chi connectivity index (χ1) is 13.0. The number of nitrogens with one attached hydrogen (secondary N) is 1. The van der Waals surface area contributed by atoms with Crippen LogP contribution in [0.25, 0.3) is 5.65 Å². The minimum absolute atomic E-state index is 0.0312. The van der Waals surface area contributed by atoms with E-state index in [0.717, 1.165) is 43.4 Å². The van der Waals surface area contributed by atoms with Crippen molar-refractivity contribution in [2.24, 2.45) is 0 Å². The van der Waals surface area contributed by atoms with Crippen LogP contribution >= 0.6 is 0 Å². The Kier molecular flexibility index (Phi) is 4.35. The van der Waals surface area contributed by atoms with Gasteiger partial charge in [-0.2, -0.15) is 0 Å². The van der Waals surface area contributed by atoms with E-state index < -0.39 is 15.7 Å². The second-order valence-corrected chi connectivity index (χ2v) is 8.36. The zero-order valence-electron chi connectivity index (χ0n) is 15.1. The predicted molar refractivity (Wildman–Crippen MR) is 99.0 cm³/mol. The maximum Gasteiger partial charge on any atom is 0.214 e. The lowest BCUT2D eigenvalue weighted by atomic mass is 10.1. The van der Waals surface area contributed by atoms with Gasteiger partial charge < -0.3 is 5.32 Å². The normalized spacial score (nSPS) is 15.1. The van der Waals surface area contributed by atoms with Crippen LogP contribution in [0.2, 0.25) is 0 Å². The number of hydrogen-bond acceptors (Lipinski definition) is 6. The fourth-order valence-corrected chi connectivity index (χ4v) is 5.00. The second kappa shape index (κ2) is 6.58. The van der Waals surface area contributed by atoms with Crippen LogP contribution < -0.4 is 5.32 Å². The van der Waals surface area contributed by atoms with Crippen molar-refractivity contribution in [2.75, 3.05) is 25.5 Å². The maximum atomic E-state index is 13.6. The van der Waals surface area contributed by atoms with Crippen molar-refractivity contribution < 1.29 is 12.8 Å². The molecule has 3 aromatic rings. The fraction of sp³-hybridized carbons (Fsp3) is 0.333. The largest absolute Gasteiger partial charge is 0.370 e. The van der Waals surface area contributed by atoms with Crippen molar-refractivity contribution in [3.8, 4) is 0 Å². The number of benzene rings is 1. The molecule has 4 rings (SSSR count). The van der Waals surface area contributed by atoms with Gasteiger partial charge in [-0.1, -0.05) is 13.0 Å². The number of halogens is 1. The first-order valence-electron chi connectivity index (χ1n) is 8.76. The molecule has 3 heterocycles. The Balaban J connectivity index is 1.94. The molecule has 0 unspecified atom stereocenters. The molecule has 0 bridgehead atoms. The van der Waals surface area contributed by atoms with Gasteiger partial charge in [0.05, 0.1) is 10.6 Å². The van der Waals surface area contributed by atoms with Crippen molar-refractivity contribution in [3.05, 3.63) is 47.5 Å². The molecule has 27 heavy (non-hydrogen) atoms. The van der Waals surface area contributed by atoms with Gasteiger partial charge in [0.2, 0.25) is 9.84 Å². The summed E-state index contributed by atoms with van der Waals surface area (Å²) in [7, 11) is -2.38. The summed E-state index contributed by atoms with van der Waals surface area (Å²) in [5.41, 5.74) is 2.25. The quantitative estimate of drug-likeness (QED) is 0.736. The van der Waals surface area contributed by atoms with Gasteiger partial charge in [-0.25, -0.2) is 22.3 Å². The molecule has 2 aromatic heterocycles. The molecule has 0 amide bonds. The van der Waals surface area contributed by atoms with E-state index in [1.807, 2.05) is 0 Å². The van der Waals surface area contributed by atoms with Crippen LogP contribution in [0.15, 0.2) is 40.3 Å². The van der Waals surface area contributed by atoms with Gasteiger partial charge in [-0.3, -0.25) is 4.90 Å². The van der Waals surface area contributed by atoms with E-state index in [0.29, 0.717) is 0 Å². The van der Waals surface area contributed by atoms with Crippen LogP contribution in [0.1, 0.15) is 18.2 Å². The van der Waals surface area contributed by atoms with Gasteiger partial charge in [0.25, 0.3) is 0 Å². The molecule has 0 atom stereocenters. The Bertz CT molecular complexity index is 1130. The standard InChI is InChI=1S/C18H20FN5O2S/c1-3-23-8-7-15-12(11-23)10-21-18-16(17(20-2)22-24(15)18)27(25,26)14-6-4-5-13(19)9-14/h4-6,9-10H,3,7-8,11H2,1-2H3,(H,20,22). The molecule has 1 N–H and O–H groups in total. The van der Waals surface area contributed by atoms with Gasteiger partial charge >= 0.3 is 0 Å².